The Labute approximate surface area is 156 Å². The molecule has 4 nitrogen and oxygen atoms in total. The molecule has 3 fully saturated rings. The zero-order valence-corrected chi connectivity index (χ0v) is 16.4. The predicted molar refractivity (Wildman–Crippen MR) is 101 cm³/mol. The molecule has 2 bridgehead atoms. The highest BCUT2D eigenvalue weighted by Gasteiger charge is 2.46. The van der Waals surface area contributed by atoms with Crippen LogP contribution in [0.4, 0.5) is 0 Å². The summed E-state index contributed by atoms with van der Waals surface area (Å²) >= 11 is 1.98. The van der Waals surface area contributed by atoms with E-state index < -0.39 is 0 Å². The molecular weight excluding hydrogens is 336 g/mol. The number of hydrogen-bond donors (Lipinski definition) is 0. The Hall–Kier alpha value is -0.550. The van der Waals surface area contributed by atoms with Crippen LogP contribution < -0.4 is 0 Å². The quantitative estimate of drug-likeness (QED) is 0.507. The molecule has 4 unspecified atom stereocenters. The first-order valence-electron chi connectivity index (χ1n) is 9.74. The summed E-state index contributed by atoms with van der Waals surface area (Å²) in [5, 5.41) is 0.516. The zero-order valence-electron chi connectivity index (χ0n) is 15.6. The fourth-order valence-electron chi connectivity index (χ4n) is 3.75. The molecule has 2 saturated heterocycles. The lowest BCUT2D eigenvalue weighted by atomic mass is 9.77. The number of fused-ring (bicyclic) bond motifs is 3. The van der Waals surface area contributed by atoms with Crippen molar-refractivity contribution in [1.29, 1.82) is 0 Å². The lowest BCUT2D eigenvalue weighted by Crippen LogP contribution is -2.47. The number of thioether (sulfide) groups is 1. The molecular formula is C20H32O4S. The van der Waals surface area contributed by atoms with Crippen molar-refractivity contribution in [3.8, 4) is 0 Å². The second kappa shape index (κ2) is 10.6. The minimum Gasteiger partial charge on any atom is -0.466 e. The molecule has 1 saturated carbocycles. The lowest BCUT2D eigenvalue weighted by molar-refractivity contribution is -0.151. The van der Waals surface area contributed by atoms with E-state index >= 15 is 0 Å². The highest BCUT2D eigenvalue weighted by Crippen LogP contribution is 2.46. The third-order valence-electron chi connectivity index (χ3n) is 5.05. The minimum absolute atomic E-state index is 0.00996. The maximum absolute atomic E-state index is 12.8. The van der Waals surface area contributed by atoms with Gasteiger partial charge < -0.3 is 9.47 Å². The smallest absolute Gasteiger partial charge is 0.309 e. The largest absolute Gasteiger partial charge is 0.466 e. The van der Waals surface area contributed by atoms with Crippen LogP contribution in [0.1, 0.15) is 65.2 Å². The summed E-state index contributed by atoms with van der Waals surface area (Å²) < 4.78 is 11.2. The van der Waals surface area contributed by atoms with Crippen molar-refractivity contribution in [3.63, 3.8) is 0 Å². The molecule has 2 aliphatic heterocycles. The fraction of sp³-hybridized carbons (Fsp3) is 0.800. The summed E-state index contributed by atoms with van der Waals surface area (Å²) in [6, 6.07) is 0. The summed E-state index contributed by atoms with van der Waals surface area (Å²) in [7, 11) is 0. The van der Waals surface area contributed by atoms with Gasteiger partial charge in [0.25, 0.3) is 0 Å². The molecule has 0 aromatic rings. The molecule has 0 N–H and O–H groups in total. The SMILES string of the molecule is [CH2]CCCC(CC(=O)[C]1OC2CCC1CC2SCCC)C(=O)OCC. The average Bonchev–Trinajstić information content (AvgIpc) is 2.63. The van der Waals surface area contributed by atoms with Gasteiger partial charge in [-0.3, -0.25) is 9.59 Å². The first kappa shape index (κ1) is 20.8. The molecule has 3 rings (SSSR count). The molecule has 25 heavy (non-hydrogen) atoms. The molecule has 1 aliphatic carbocycles. The van der Waals surface area contributed by atoms with Crippen LogP contribution >= 0.6 is 11.8 Å². The van der Waals surface area contributed by atoms with Crippen LogP contribution in [0.3, 0.4) is 0 Å². The van der Waals surface area contributed by atoms with Gasteiger partial charge in [-0.05, 0) is 50.7 Å². The molecule has 0 amide bonds. The lowest BCUT2D eigenvalue weighted by Gasteiger charge is -2.45. The second-order valence-corrected chi connectivity index (χ2v) is 8.36. The van der Waals surface area contributed by atoms with Crippen LogP contribution in [0.5, 0.6) is 0 Å². The van der Waals surface area contributed by atoms with Crippen LogP contribution in [0.25, 0.3) is 0 Å². The Balaban J connectivity index is 1.92. The first-order chi connectivity index (χ1) is 12.1. The van der Waals surface area contributed by atoms with Gasteiger partial charge in [0.1, 0.15) is 0 Å². The van der Waals surface area contributed by atoms with E-state index in [0.717, 1.165) is 37.9 Å². The van der Waals surface area contributed by atoms with Gasteiger partial charge in [-0.2, -0.15) is 11.8 Å². The molecule has 2 radical (unpaired) electrons. The van der Waals surface area contributed by atoms with Gasteiger partial charge in [0.05, 0.1) is 18.6 Å². The Morgan fingerprint density at radius 2 is 2.16 bits per heavy atom. The van der Waals surface area contributed by atoms with Gasteiger partial charge in [-0.15, -0.1) is 0 Å². The van der Waals surface area contributed by atoms with Crippen molar-refractivity contribution >= 4 is 23.5 Å². The fourth-order valence-corrected chi connectivity index (χ4v) is 5.06. The standard InChI is InChI=1S/C20H32O4S/c1-4-7-8-15(20(22)23-6-3)12-16(21)19-14-9-10-17(24-19)18(13-14)25-11-5-2/h14-15,17-18H,1,4-13H2,2-3H3. The number of esters is 1. The number of rotatable bonds is 11. The van der Waals surface area contributed by atoms with Crippen molar-refractivity contribution in [1.82, 2.24) is 0 Å². The van der Waals surface area contributed by atoms with E-state index in [-0.39, 0.29) is 36.1 Å². The molecule has 142 valence electrons. The Kier molecular flexibility index (Phi) is 8.77. The predicted octanol–water partition coefficient (Wildman–Crippen LogP) is 4.37. The number of carbonyl (C=O) groups excluding carboxylic acids is 2. The van der Waals surface area contributed by atoms with E-state index in [4.69, 9.17) is 9.47 Å². The van der Waals surface area contributed by atoms with Crippen LogP contribution in [0, 0.1) is 24.9 Å². The minimum atomic E-state index is -0.365. The summed E-state index contributed by atoms with van der Waals surface area (Å²) in [6.07, 6.45) is 7.56. The third-order valence-corrected chi connectivity index (χ3v) is 6.61. The van der Waals surface area contributed by atoms with Gasteiger partial charge in [0.2, 0.25) is 0 Å². The summed E-state index contributed by atoms with van der Waals surface area (Å²) in [6.45, 7) is 8.16. The van der Waals surface area contributed by atoms with Crippen LogP contribution in [-0.2, 0) is 19.1 Å². The number of hydrogen-bond acceptors (Lipinski definition) is 5. The molecule has 2 heterocycles. The maximum atomic E-state index is 12.8. The molecule has 0 aromatic carbocycles. The van der Waals surface area contributed by atoms with E-state index in [0.29, 0.717) is 24.4 Å². The average molecular weight is 369 g/mol. The van der Waals surface area contributed by atoms with E-state index in [1.165, 1.54) is 6.42 Å². The van der Waals surface area contributed by atoms with E-state index in [9.17, 15) is 9.59 Å². The van der Waals surface area contributed by atoms with E-state index in [1.807, 2.05) is 11.8 Å². The Morgan fingerprint density at radius 1 is 1.36 bits per heavy atom. The van der Waals surface area contributed by atoms with Gasteiger partial charge in [0, 0.05) is 11.7 Å². The number of ether oxygens (including phenoxy) is 2. The summed E-state index contributed by atoms with van der Waals surface area (Å²) in [4.78, 5) is 24.9. The zero-order chi connectivity index (χ0) is 18.2. The van der Waals surface area contributed by atoms with Crippen molar-refractivity contribution < 1.29 is 19.1 Å². The Bertz CT molecular complexity index is 439. The van der Waals surface area contributed by atoms with E-state index in [1.54, 1.807) is 6.92 Å². The number of ketones is 1. The van der Waals surface area contributed by atoms with Crippen molar-refractivity contribution in [2.45, 2.75) is 76.6 Å². The molecule has 3 aliphatic rings. The number of unbranched alkanes of at least 4 members (excludes halogenated alkanes) is 1. The molecule has 0 spiro atoms. The maximum Gasteiger partial charge on any atom is 0.309 e. The van der Waals surface area contributed by atoms with Crippen LogP contribution in [0.2, 0.25) is 0 Å². The topological polar surface area (TPSA) is 52.6 Å². The number of carbonyl (C=O) groups is 2. The van der Waals surface area contributed by atoms with Crippen molar-refractivity contribution in [2.75, 3.05) is 12.4 Å². The highest BCUT2D eigenvalue weighted by atomic mass is 32.2. The first-order valence-corrected chi connectivity index (χ1v) is 10.8. The monoisotopic (exact) mass is 368 g/mol. The van der Waals surface area contributed by atoms with Crippen LogP contribution in [-0.4, -0.2) is 35.5 Å². The molecule has 5 heteroatoms. The Morgan fingerprint density at radius 3 is 2.76 bits per heavy atom. The van der Waals surface area contributed by atoms with E-state index in [2.05, 4.69) is 13.8 Å². The van der Waals surface area contributed by atoms with Crippen molar-refractivity contribution in [2.24, 2.45) is 11.8 Å². The van der Waals surface area contributed by atoms with Crippen LogP contribution in [0.15, 0.2) is 0 Å². The summed E-state index contributed by atoms with van der Waals surface area (Å²) in [5.41, 5.74) is 0. The highest BCUT2D eigenvalue weighted by molar-refractivity contribution is 7.99. The normalized spacial score (nSPS) is 27.2. The van der Waals surface area contributed by atoms with Gasteiger partial charge in [-0.25, -0.2) is 0 Å². The van der Waals surface area contributed by atoms with Crippen molar-refractivity contribution in [3.05, 3.63) is 13.0 Å². The third kappa shape index (κ3) is 5.72. The van der Waals surface area contributed by atoms with Gasteiger partial charge >= 0.3 is 5.97 Å². The molecule has 0 aromatic heterocycles. The van der Waals surface area contributed by atoms with Gasteiger partial charge in [-0.1, -0.05) is 26.7 Å². The summed E-state index contributed by atoms with van der Waals surface area (Å²) in [5.74, 6) is 0.771. The molecule has 4 atom stereocenters. The second-order valence-electron chi connectivity index (χ2n) is 7.01. The number of Topliss-reactive ketones (excluding diaryl/α,β-unsaturated/α-hetero) is 1. The van der Waals surface area contributed by atoms with Gasteiger partial charge in [0.15, 0.2) is 11.9 Å².